The van der Waals surface area contributed by atoms with Gasteiger partial charge in [-0.05, 0) is 111 Å². The molecular formula is C61H66N3OPt-. The van der Waals surface area contributed by atoms with E-state index in [2.05, 4.69) is 11.1 Å². The van der Waals surface area contributed by atoms with Crippen molar-refractivity contribution in [2.24, 2.45) is 0 Å². The number of hydrogen-bond donors (Lipinski definition) is 1. The Kier molecular flexibility index (Phi) is 6.51. The number of aromatic hydroxyl groups is 1. The summed E-state index contributed by atoms with van der Waals surface area (Å²) in [6.45, 7) is -22.1. The molecule has 0 radical (unpaired) electrons. The third kappa shape index (κ3) is 9.63. The zero-order valence-corrected chi connectivity index (χ0v) is 39.4. The second kappa shape index (κ2) is 17.6. The molecule has 0 saturated heterocycles. The van der Waals surface area contributed by atoms with Gasteiger partial charge in [-0.1, -0.05) is 178 Å². The van der Waals surface area contributed by atoms with Crippen LogP contribution in [0.3, 0.4) is 0 Å². The summed E-state index contributed by atoms with van der Waals surface area (Å²) in [5, 5.41) is 13.0. The summed E-state index contributed by atoms with van der Waals surface area (Å²) >= 11 is 0. The molecule has 4 nitrogen and oxygen atoms in total. The van der Waals surface area contributed by atoms with Gasteiger partial charge in [0.1, 0.15) is 11.6 Å². The third-order valence-electron chi connectivity index (χ3n) is 11.5. The molecule has 0 saturated carbocycles. The average molecular weight is 1080 g/mol. The molecule has 0 fully saturated rings. The Morgan fingerprint density at radius 1 is 0.561 bits per heavy atom. The summed E-state index contributed by atoms with van der Waals surface area (Å²) in [6.07, 6.45) is 1.43. The van der Waals surface area contributed by atoms with Crippen LogP contribution < -0.4 is 0 Å². The number of aromatic nitrogens is 3. The van der Waals surface area contributed by atoms with Gasteiger partial charge >= 0.3 is 0 Å². The number of aryl methyl sites for hydroxylation is 3. The average Bonchev–Trinajstić information content (AvgIpc) is 1.23. The van der Waals surface area contributed by atoms with E-state index in [4.69, 9.17) is 42.0 Å². The Balaban J connectivity index is 0.0000123. The monoisotopic (exact) mass is 1080 g/mol. The van der Waals surface area contributed by atoms with Crippen molar-refractivity contribution in [3.63, 3.8) is 0 Å². The number of fused-ring (bicyclic) bond motifs is 1. The first-order chi connectivity index (χ1) is 41.5. The Hall–Kier alpha value is -5.57. The van der Waals surface area contributed by atoms with E-state index in [0.717, 1.165) is 16.2 Å². The van der Waals surface area contributed by atoms with Crippen LogP contribution in [0, 0.1) is 26.6 Å². The normalized spacial score (nSPS) is 20.2. The van der Waals surface area contributed by atoms with Crippen LogP contribution in [-0.2, 0) is 42.7 Å². The number of benzene rings is 6. The zero-order chi connectivity index (χ0) is 69.5. The van der Waals surface area contributed by atoms with Crippen molar-refractivity contribution in [3.05, 3.63) is 166 Å². The first kappa shape index (κ1) is 24.4. The van der Waals surface area contributed by atoms with Gasteiger partial charge < -0.3 is 5.11 Å². The number of phenolic OH excluding ortho intramolecular Hbond substituents is 1. The molecule has 2 aromatic heterocycles. The minimum Gasteiger partial charge on any atom is -0.507 e. The fourth-order valence-corrected chi connectivity index (χ4v) is 7.96. The van der Waals surface area contributed by atoms with Gasteiger partial charge in [0, 0.05) is 75.5 Å². The van der Waals surface area contributed by atoms with E-state index in [1.807, 2.05) is 53.7 Å². The van der Waals surface area contributed by atoms with Crippen molar-refractivity contribution in [1.29, 1.82) is 0 Å². The molecule has 0 bridgehead atoms. The van der Waals surface area contributed by atoms with E-state index >= 15 is 0 Å². The summed E-state index contributed by atoms with van der Waals surface area (Å²) < 4.78 is 235. The molecule has 0 amide bonds. The predicted molar refractivity (Wildman–Crippen MR) is 276 cm³/mol. The zero-order valence-electron chi connectivity index (χ0n) is 64.2. The molecule has 0 spiro atoms. The van der Waals surface area contributed by atoms with Gasteiger partial charge in [0.25, 0.3) is 0 Å². The van der Waals surface area contributed by atoms with Crippen molar-refractivity contribution in [2.45, 2.75) is 125 Å². The molecule has 66 heavy (non-hydrogen) atoms. The van der Waals surface area contributed by atoms with E-state index in [9.17, 15) is 5.11 Å². The smallest absolute Gasteiger partial charge is 0.148 e. The molecule has 0 aliphatic carbocycles. The molecule has 342 valence electrons. The van der Waals surface area contributed by atoms with E-state index in [-0.39, 0.29) is 82.8 Å². The molecular weight excluding hydrogens is 986 g/mol. The van der Waals surface area contributed by atoms with Crippen molar-refractivity contribution in [1.82, 2.24) is 14.5 Å². The first-order valence-corrected chi connectivity index (χ1v) is 20.9. The molecule has 0 unspecified atom stereocenters. The number of para-hydroxylation sites is 1. The van der Waals surface area contributed by atoms with E-state index < -0.39 is 112 Å². The third-order valence-corrected chi connectivity index (χ3v) is 11.5. The summed E-state index contributed by atoms with van der Waals surface area (Å²) in [5.41, 5.74) is -10.7. The van der Waals surface area contributed by atoms with E-state index in [1.54, 1.807) is 48.5 Å². The van der Waals surface area contributed by atoms with Crippen LogP contribution in [0.15, 0.2) is 121 Å². The maximum Gasteiger partial charge on any atom is 0.148 e. The number of hydrogen-bond acceptors (Lipinski definition) is 3. The van der Waals surface area contributed by atoms with Crippen molar-refractivity contribution in [3.8, 4) is 67.5 Å². The fourth-order valence-electron chi connectivity index (χ4n) is 7.96. The number of nitrogens with zero attached hydrogens (tertiary/aromatic N) is 3. The van der Waals surface area contributed by atoms with Crippen LogP contribution in [0.5, 0.6) is 5.75 Å². The molecule has 0 aliphatic heterocycles. The number of rotatable bonds is 6. The first-order valence-electron chi connectivity index (χ1n) is 34.4. The maximum atomic E-state index is 13.0. The molecule has 0 atom stereocenters. The van der Waals surface area contributed by atoms with Crippen molar-refractivity contribution >= 4 is 11.0 Å². The molecule has 0 aliphatic rings. The number of pyridine rings is 1. The summed E-state index contributed by atoms with van der Waals surface area (Å²) in [4.78, 5) is 9.65. The van der Waals surface area contributed by atoms with Crippen molar-refractivity contribution in [2.75, 3.05) is 0 Å². The Labute approximate surface area is 446 Å². The fraction of sp³-hybridized carbons (Fsp3) is 0.311. The van der Waals surface area contributed by atoms with Crippen LogP contribution in [-0.4, -0.2) is 19.6 Å². The van der Waals surface area contributed by atoms with Crippen molar-refractivity contribution < 1.29 is 63.2 Å². The molecule has 2 heterocycles. The van der Waals surface area contributed by atoms with Gasteiger partial charge in [0.2, 0.25) is 0 Å². The van der Waals surface area contributed by atoms with Gasteiger partial charge in [-0.3, -0.25) is 9.55 Å². The quantitative estimate of drug-likeness (QED) is 0.169. The van der Waals surface area contributed by atoms with Crippen LogP contribution >= 0.6 is 0 Å². The summed E-state index contributed by atoms with van der Waals surface area (Å²) in [6, 6.07) is 30.7. The second-order valence-corrected chi connectivity index (χ2v) is 18.6. The van der Waals surface area contributed by atoms with E-state index in [0.29, 0.717) is 33.9 Å². The van der Waals surface area contributed by atoms with Crippen LogP contribution in [0.2, 0.25) is 0 Å². The van der Waals surface area contributed by atoms with E-state index in [1.165, 1.54) is 42.6 Å². The summed E-state index contributed by atoms with van der Waals surface area (Å²) in [5.74, 6) is -2.29. The molecule has 5 heteroatoms. The van der Waals surface area contributed by atoms with Crippen LogP contribution in [0.1, 0.15) is 159 Å². The Morgan fingerprint density at radius 3 is 1.86 bits per heavy atom. The van der Waals surface area contributed by atoms with Crippen LogP contribution in [0.25, 0.3) is 72.7 Å². The van der Waals surface area contributed by atoms with Gasteiger partial charge in [0.15, 0.2) is 0 Å². The minimum absolute atomic E-state index is 0. The second-order valence-electron chi connectivity index (χ2n) is 18.6. The molecule has 8 aromatic rings. The van der Waals surface area contributed by atoms with Gasteiger partial charge in [-0.2, -0.15) is 0 Å². The SMILES string of the molecule is [2H]C([2H])([2H])c1cc(-c2ccnc(-c3[c-]c(-c4cccc5c4nc(-c4cc(C(C([2H])([2H])[2H])(C([2H])([2H])[2H])C([2H])([2H])[2H])cc(C(C([2H])([2H])[2H])(C([2H])([2H])[2H])C([2H])([2H])[2H])c4O)n5-c4ccc(-c5ccc(C(C)(C)C)cc5)cc4C([2H])([2H])[2H])cc(C(C)(C)C)c3)c2)cc(C([2H])([2H])[2H])c1.[Pt]. The van der Waals surface area contributed by atoms with Gasteiger partial charge in [-0.15, -0.1) is 29.3 Å². The molecule has 6 aromatic carbocycles. The van der Waals surface area contributed by atoms with Gasteiger partial charge in [-0.25, -0.2) is 4.98 Å². The maximum absolute atomic E-state index is 13.0. The molecule has 1 N–H and O–H groups in total. The topological polar surface area (TPSA) is 50.9 Å². The Bertz CT molecular complexity index is 4020. The number of phenols is 1. The largest absolute Gasteiger partial charge is 0.507 e. The molecule has 8 rings (SSSR count). The van der Waals surface area contributed by atoms with Crippen LogP contribution in [0.4, 0.5) is 0 Å². The summed E-state index contributed by atoms with van der Waals surface area (Å²) in [7, 11) is 0. The van der Waals surface area contributed by atoms with Gasteiger partial charge in [0.05, 0.1) is 22.3 Å². The standard InChI is InChI=1S/C61H66N3O.Pt/c1-37-27-38(2)29-43(28-37)42-25-26-62-52(34-42)45-31-44(32-47(33-45)59(7,8)9)49-17-16-18-54-55(49)63-57(50-35-48(60(10,11)12)36-51(56(50)65)61(13,14)15)64(54)53-24-21-41(30-39(53)3)40-19-22-46(23-20-40)58(4,5)6;/h16-30,32-36,65H,1-15H3;/q-1;/i1D3,2D3,3D3,10D3,11D3,12D3,13D3,14D3,15D3;. The Morgan fingerprint density at radius 2 is 1.21 bits per heavy atom. The predicted octanol–water partition coefficient (Wildman–Crippen LogP) is 16.4. The minimum atomic E-state index is -4.29. The number of imidazole rings is 1.